The van der Waals surface area contributed by atoms with Crippen molar-refractivity contribution < 1.29 is 23.9 Å². The van der Waals surface area contributed by atoms with Crippen LogP contribution in [0.1, 0.15) is 46.0 Å². The molecular weight excluding hydrogens is 248 g/mol. The van der Waals surface area contributed by atoms with E-state index in [2.05, 4.69) is 0 Å². The summed E-state index contributed by atoms with van der Waals surface area (Å²) < 4.78 is 10.1. The lowest BCUT2D eigenvalue weighted by atomic mass is 9.68. The van der Waals surface area contributed by atoms with E-state index in [-0.39, 0.29) is 30.9 Å². The quantitative estimate of drug-likeness (QED) is 0.544. The Balaban J connectivity index is 2.82. The summed E-state index contributed by atoms with van der Waals surface area (Å²) in [4.78, 5) is 34.8. The van der Waals surface area contributed by atoms with Crippen LogP contribution in [-0.4, -0.2) is 31.4 Å². The molecule has 1 aliphatic rings. The SMILES string of the molecule is CCOC(=O)C1CCCC(CC=O)(C(=O)OCC)C1. The number of aldehydes is 1. The summed E-state index contributed by atoms with van der Waals surface area (Å²) in [7, 11) is 0. The third kappa shape index (κ3) is 3.78. The summed E-state index contributed by atoms with van der Waals surface area (Å²) in [6.45, 7) is 4.10. The molecule has 19 heavy (non-hydrogen) atoms. The number of carbonyl (C=O) groups is 3. The summed E-state index contributed by atoms with van der Waals surface area (Å²) >= 11 is 0. The number of hydrogen-bond acceptors (Lipinski definition) is 5. The fourth-order valence-corrected chi connectivity index (χ4v) is 2.72. The lowest BCUT2D eigenvalue weighted by Gasteiger charge is -2.36. The molecule has 1 saturated carbocycles. The second-order valence-electron chi connectivity index (χ2n) is 4.92. The topological polar surface area (TPSA) is 69.7 Å². The summed E-state index contributed by atoms with van der Waals surface area (Å²) in [5, 5.41) is 0. The maximum atomic E-state index is 12.1. The Morgan fingerprint density at radius 2 is 1.95 bits per heavy atom. The Morgan fingerprint density at radius 3 is 2.53 bits per heavy atom. The van der Waals surface area contributed by atoms with Crippen molar-refractivity contribution in [2.75, 3.05) is 13.2 Å². The number of esters is 2. The van der Waals surface area contributed by atoms with Crippen LogP contribution in [0.4, 0.5) is 0 Å². The van der Waals surface area contributed by atoms with Gasteiger partial charge in [0, 0.05) is 6.42 Å². The van der Waals surface area contributed by atoms with E-state index in [4.69, 9.17) is 9.47 Å². The van der Waals surface area contributed by atoms with E-state index in [1.165, 1.54) is 0 Å². The molecule has 5 nitrogen and oxygen atoms in total. The van der Waals surface area contributed by atoms with Gasteiger partial charge in [-0.1, -0.05) is 6.42 Å². The first-order valence-corrected chi connectivity index (χ1v) is 6.87. The molecule has 2 unspecified atom stereocenters. The molecule has 0 aromatic rings. The van der Waals surface area contributed by atoms with Crippen LogP contribution < -0.4 is 0 Å². The molecule has 0 bridgehead atoms. The van der Waals surface area contributed by atoms with Crippen LogP contribution in [0, 0.1) is 11.3 Å². The summed E-state index contributed by atoms with van der Waals surface area (Å²) in [6, 6.07) is 0. The summed E-state index contributed by atoms with van der Waals surface area (Å²) in [6.07, 6.45) is 3.24. The fraction of sp³-hybridized carbons (Fsp3) is 0.786. The number of rotatable bonds is 6. The van der Waals surface area contributed by atoms with Gasteiger partial charge in [0.05, 0.1) is 24.5 Å². The molecule has 1 rings (SSSR count). The highest BCUT2D eigenvalue weighted by molar-refractivity contribution is 5.82. The van der Waals surface area contributed by atoms with E-state index in [1.54, 1.807) is 13.8 Å². The molecule has 0 radical (unpaired) electrons. The third-order valence-corrected chi connectivity index (χ3v) is 3.65. The first-order chi connectivity index (χ1) is 9.09. The van der Waals surface area contributed by atoms with Crippen molar-refractivity contribution in [3.05, 3.63) is 0 Å². The minimum absolute atomic E-state index is 0.113. The van der Waals surface area contributed by atoms with Gasteiger partial charge >= 0.3 is 11.9 Å². The first kappa shape index (κ1) is 15.7. The van der Waals surface area contributed by atoms with Gasteiger partial charge in [0.25, 0.3) is 0 Å². The Labute approximate surface area is 113 Å². The molecule has 0 heterocycles. The maximum Gasteiger partial charge on any atom is 0.312 e. The summed E-state index contributed by atoms with van der Waals surface area (Å²) in [5.74, 6) is -0.948. The number of hydrogen-bond donors (Lipinski definition) is 0. The van der Waals surface area contributed by atoms with Gasteiger partial charge in [0.2, 0.25) is 0 Å². The van der Waals surface area contributed by atoms with Gasteiger partial charge in [-0.25, -0.2) is 0 Å². The molecule has 0 spiro atoms. The van der Waals surface area contributed by atoms with Crippen molar-refractivity contribution in [2.24, 2.45) is 11.3 Å². The molecule has 2 atom stereocenters. The van der Waals surface area contributed by atoms with Gasteiger partial charge in [-0.05, 0) is 33.1 Å². The zero-order chi connectivity index (χ0) is 14.3. The van der Waals surface area contributed by atoms with Gasteiger partial charge in [-0.2, -0.15) is 0 Å². The fourth-order valence-electron chi connectivity index (χ4n) is 2.72. The van der Waals surface area contributed by atoms with Gasteiger partial charge in [0.1, 0.15) is 6.29 Å². The van der Waals surface area contributed by atoms with E-state index >= 15 is 0 Å². The molecular formula is C14H22O5. The zero-order valence-corrected chi connectivity index (χ0v) is 11.6. The van der Waals surface area contributed by atoms with Crippen LogP contribution in [0.5, 0.6) is 0 Å². The van der Waals surface area contributed by atoms with Crippen molar-refractivity contribution in [2.45, 2.75) is 46.0 Å². The average molecular weight is 270 g/mol. The Bertz CT molecular complexity index is 339. The van der Waals surface area contributed by atoms with Crippen molar-refractivity contribution in [3.63, 3.8) is 0 Å². The highest BCUT2D eigenvalue weighted by atomic mass is 16.5. The number of ether oxygens (including phenoxy) is 2. The highest BCUT2D eigenvalue weighted by Gasteiger charge is 2.45. The molecule has 1 fully saturated rings. The normalized spacial score (nSPS) is 26.5. The predicted octanol–water partition coefficient (Wildman–Crippen LogP) is 1.88. The van der Waals surface area contributed by atoms with E-state index < -0.39 is 5.41 Å². The first-order valence-electron chi connectivity index (χ1n) is 6.87. The van der Waals surface area contributed by atoms with E-state index in [1.807, 2.05) is 0 Å². The lowest BCUT2D eigenvalue weighted by molar-refractivity contribution is -0.163. The maximum absolute atomic E-state index is 12.1. The molecule has 1 aliphatic carbocycles. The lowest BCUT2D eigenvalue weighted by Crippen LogP contribution is -2.40. The molecule has 5 heteroatoms. The second kappa shape index (κ2) is 7.26. The largest absolute Gasteiger partial charge is 0.466 e. The van der Waals surface area contributed by atoms with E-state index in [0.29, 0.717) is 25.9 Å². The molecule has 0 aromatic carbocycles. The van der Waals surface area contributed by atoms with Crippen LogP contribution in [0.3, 0.4) is 0 Å². The van der Waals surface area contributed by atoms with Gasteiger partial charge < -0.3 is 14.3 Å². The molecule has 0 amide bonds. The Hall–Kier alpha value is -1.39. The third-order valence-electron chi connectivity index (χ3n) is 3.65. The monoisotopic (exact) mass is 270 g/mol. The van der Waals surface area contributed by atoms with Crippen molar-refractivity contribution in [1.82, 2.24) is 0 Å². The standard InChI is InChI=1S/C14H22O5/c1-3-18-12(16)11-6-5-7-14(10-11,8-9-15)13(17)19-4-2/h9,11H,3-8,10H2,1-2H3. The molecule has 108 valence electrons. The Kier molecular flexibility index (Phi) is 5.99. The molecule has 0 saturated heterocycles. The summed E-state index contributed by atoms with van der Waals surface area (Å²) in [5.41, 5.74) is -0.840. The van der Waals surface area contributed by atoms with Gasteiger partial charge in [-0.3, -0.25) is 9.59 Å². The average Bonchev–Trinajstić information content (AvgIpc) is 2.40. The van der Waals surface area contributed by atoms with Crippen molar-refractivity contribution >= 4 is 18.2 Å². The molecule has 0 aromatic heterocycles. The predicted molar refractivity (Wildman–Crippen MR) is 68.3 cm³/mol. The minimum Gasteiger partial charge on any atom is -0.466 e. The minimum atomic E-state index is -0.840. The molecule has 0 aliphatic heterocycles. The van der Waals surface area contributed by atoms with Crippen LogP contribution in [0.25, 0.3) is 0 Å². The van der Waals surface area contributed by atoms with Crippen LogP contribution in [-0.2, 0) is 23.9 Å². The van der Waals surface area contributed by atoms with Crippen LogP contribution >= 0.6 is 0 Å². The van der Waals surface area contributed by atoms with Crippen molar-refractivity contribution in [3.8, 4) is 0 Å². The van der Waals surface area contributed by atoms with Gasteiger partial charge in [0.15, 0.2) is 0 Å². The molecule has 0 N–H and O–H groups in total. The second-order valence-corrected chi connectivity index (χ2v) is 4.92. The van der Waals surface area contributed by atoms with Crippen LogP contribution in [0.15, 0.2) is 0 Å². The van der Waals surface area contributed by atoms with E-state index in [0.717, 1.165) is 12.7 Å². The Morgan fingerprint density at radius 1 is 1.26 bits per heavy atom. The van der Waals surface area contributed by atoms with E-state index in [9.17, 15) is 14.4 Å². The highest BCUT2D eigenvalue weighted by Crippen LogP contribution is 2.43. The zero-order valence-electron chi connectivity index (χ0n) is 11.6. The van der Waals surface area contributed by atoms with Gasteiger partial charge in [-0.15, -0.1) is 0 Å². The van der Waals surface area contributed by atoms with Crippen LogP contribution in [0.2, 0.25) is 0 Å². The van der Waals surface area contributed by atoms with Crippen molar-refractivity contribution in [1.29, 1.82) is 0 Å². The number of carbonyl (C=O) groups excluding carboxylic acids is 3. The smallest absolute Gasteiger partial charge is 0.312 e.